The van der Waals surface area contributed by atoms with Crippen LogP contribution in [0.5, 0.6) is 0 Å². The van der Waals surface area contributed by atoms with Gasteiger partial charge in [-0.2, -0.15) is 0 Å². The highest BCUT2D eigenvalue weighted by atomic mass is 31.2. The molecule has 0 amide bonds. The Morgan fingerprint density at radius 3 is 0.935 bits per heavy atom. The van der Waals surface area contributed by atoms with Gasteiger partial charge in [0, 0.05) is 19.3 Å². The summed E-state index contributed by atoms with van der Waals surface area (Å²) >= 11 is 0. The van der Waals surface area contributed by atoms with E-state index in [0.717, 1.165) is 135 Å². The third kappa shape index (κ3) is 69.6. The van der Waals surface area contributed by atoms with Crippen molar-refractivity contribution in [1.82, 2.24) is 0 Å². The first-order valence-electron chi connectivity index (χ1n) is 36.5. The molecule has 0 aromatic heterocycles. The van der Waals surface area contributed by atoms with Gasteiger partial charge in [-0.15, -0.1) is 0 Å². The molecule has 93 heavy (non-hydrogen) atoms. The predicted octanol–water partition coefficient (Wildman–Crippen LogP) is 20.6. The van der Waals surface area contributed by atoms with E-state index in [0.29, 0.717) is 19.3 Å². The van der Waals surface area contributed by atoms with Crippen LogP contribution in [0.25, 0.3) is 0 Å². The number of rotatable bonds is 69. The Bertz CT molecular complexity index is 2080. The van der Waals surface area contributed by atoms with Crippen molar-refractivity contribution in [2.24, 2.45) is 0 Å². The van der Waals surface area contributed by atoms with Crippen LogP contribution in [0.4, 0.5) is 0 Å². The maximum atomic E-state index is 12.9. The second-order valence-electron chi connectivity index (χ2n) is 24.4. The van der Waals surface area contributed by atoms with Gasteiger partial charge in [-0.3, -0.25) is 32.5 Å². The molecule has 0 bridgehead atoms. The minimum absolute atomic E-state index is 0.0907. The average molecular weight is 1350 g/mol. The molecular formula is C75H132O16P2. The van der Waals surface area contributed by atoms with Gasteiger partial charge in [0.1, 0.15) is 25.4 Å². The fraction of sp³-hybridized carbons (Fsp3) is 0.747. The minimum atomic E-state index is -4.93. The van der Waals surface area contributed by atoms with Crippen molar-refractivity contribution in [2.45, 2.75) is 322 Å². The van der Waals surface area contributed by atoms with Gasteiger partial charge < -0.3 is 34.2 Å². The number of esters is 3. The lowest BCUT2D eigenvalue weighted by atomic mass is 10.0. The van der Waals surface area contributed by atoms with Gasteiger partial charge >= 0.3 is 33.6 Å². The number of allylic oxidation sites excluding steroid dienone is 16. The second kappa shape index (κ2) is 68.4. The summed E-state index contributed by atoms with van der Waals surface area (Å²) in [7, 11) is -9.78. The Kier molecular flexibility index (Phi) is 65.8. The summed E-state index contributed by atoms with van der Waals surface area (Å²) in [6, 6.07) is 0. The highest BCUT2D eigenvalue weighted by Gasteiger charge is 2.29. The molecule has 0 heterocycles. The second-order valence-corrected chi connectivity index (χ2v) is 27.3. The van der Waals surface area contributed by atoms with Crippen LogP contribution >= 0.6 is 15.6 Å². The van der Waals surface area contributed by atoms with E-state index in [2.05, 4.69) is 118 Å². The summed E-state index contributed by atoms with van der Waals surface area (Å²) in [4.78, 5) is 58.4. The molecule has 0 aromatic carbocycles. The number of ether oxygens (including phenoxy) is 3. The number of phosphoric acid groups is 2. The molecule has 5 unspecified atom stereocenters. The Morgan fingerprint density at radius 1 is 0.312 bits per heavy atom. The van der Waals surface area contributed by atoms with E-state index in [1.165, 1.54) is 109 Å². The summed E-state index contributed by atoms with van der Waals surface area (Å²) in [6.07, 6.45) is 76.2. The van der Waals surface area contributed by atoms with Gasteiger partial charge in [-0.25, -0.2) is 9.13 Å². The smallest absolute Gasteiger partial charge is 0.463 e. The Balaban J connectivity index is 4.45. The highest BCUT2D eigenvalue weighted by Crippen LogP contribution is 2.45. The van der Waals surface area contributed by atoms with E-state index in [9.17, 15) is 43.5 Å². The molecule has 0 spiro atoms. The first-order valence-corrected chi connectivity index (χ1v) is 39.5. The number of carbonyl (C=O) groups excluding carboxylic acids is 3. The van der Waals surface area contributed by atoms with Crippen LogP contribution in [-0.2, 0) is 55.8 Å². The van der Waals surface area contributed by atoms with E-state index >= 15 is 0 Å². The number of aliphatic hydroxyl groups excluding tert-OH is 2. The molecule has 0 saturated carbocycles. The van der Waals surface area contributed by atoms with Crippen LogP contribution in [-0.4, -0.2) is 95.9 Å². The van der Waals surface area contributed by atoms with Crippen LogP contribution in [0.1, 0.15) is 303 Å². The zero-order chi connectivity index (χ0) is 68.1. The Morgan fingerprint density at radius 2 is 0.570 bits per heavy atom. The number of carbonyl (C=O) groups is 3. The third-order valence-corrected chi connectivity index (χ3v) is 17.2. The molecular weight excluding hydrogens is 1220 g/mol. The van der Waals surface area contributed by atoms with E-state index in [-0.39, 0.29) is 19.3 Å². The monoisotopic (exact) mass is 1350 g/mol. The van der Waals surface area contributed by atoms with Crippen LogP contribution in [0.2, 0.25) is 0 Å². The van der Waals surface area contributed by atoms with Crippen molar-refractivity contribution < 1.29 is 75.8 Å². The van der Waals surface area contributed by atoms with Gasteiger partial charge in [0.25, 0.3) is 0 Å². The lowest BCUT2D eigenvalue weighted by Gasteiger charge is -2.21. The summed E-state index contributed by atoms with van der Waals surface area (Å²) in [5, 5.41) is 20.6. The highest BCUT2D eigenvalue weighted by molar-refractivity contribution is 7.47. The Hall–Kier alpha value is -3.53. The number of phosphoric ester groups is 2. The molecule has 0 aliphatic heterocycles. The van der Waals surface area contributed by atoms with Gasteiger partial charge in [0.2, 0.25) is 0 Å². The molecule has 4 N–H and O–H groups in total. The lowest BCUT2D eigenvalue weighted by Crippen LogP contribution is -2.30. The van der Waals surface area contributed by atoms with Gasteiger partial charge in [-0.1, -0.05) is 259 Å². The fourth-order valence-electron chi connectivity index (χ4n) is 9.68. The quantitative estimate of drug-likeness (QED) is 0.0146. The van der Waals surface area contributed by atoms with E-state index < -0.39 is 91.5 Å². The molecule has 0 rings (SSSR count). The minimum Gasteiger partial charge on any atom is -0.463 e. The van der Waals surface area contributed by atoms with Crippen LogP contribution in [0.3, 0.4) is 0 Å². The molecule has 16 nitrogen and oxygen atoms in total. The molecule has 0 aromatic rings. The standard InChI is InChI=1S/C75H132O16P2/c1-4-7-10-13-16-19-22-25-27-28-29-30-31-32-33-34-35-36-37-38-39-40-42-45-46-49-52-55-58-61-73(78)85-64-70(76)65-87-92(81,82)88-66-71(77)67-89-93(83,84)90-69-72(91-75(80)63-60-57-54-51-48-43-24-21-18-15-12-9-6-3)68-86-74(79)62-59-56-53-50-47-44-41-26-23-20-17-14-11-8-5-2/h8,11,16-17,19-21,24-27,29-30,32-33,41,70-72,76-77H,4-7,9-10,12-15,18,22-23,28,31,34-40,42-69H2,1-3H3,(H,81,82)(H,83,84)/b11-8-,19-16-,20-17-,24-21-,27-25-,30-29-,33-32-,41-26-. The molecule has 5 atom stereocenters. The van der Waals surface area contributed by atoms with Crippen molar-refractivity contribution in [3.8, 4) is 0 Å². The van der Waals surface area contributed by atoms with Gasteiger partial charge in [0.15, 0.2) is 6.10 Å². The number of unbranched alkanes of at least 4 members (excludes halogenated alkanes) is 30. The molecule has 0 aliphatic rings. The first-order chi connectivity index (χ1) is 45.2. The van der Waals surface area contributed by atoms with Crippen LogP contribution in [0, 0.1) is 0 Å². The number of hydrogen-bond donors (Lipinski definition) is 4. The molecule has 0 fully saturated rings. The van der Waals surface area contributed by atoms with Crippen molar-refractivity contribution in [2.75, 3.05) is 39.6 Å². The molecule has 0 aliphatic carbocycles. The summed E-state index contributed by atoms with van der Waals surface area (Å²) in [5.74, 6) is -1.60. The normalized spacial score (nSPS) is 14.7. The third-order valence-electron chi connectivity index (χ3n) is 15.3. The zero-order valence-corrected chi connectivity index (χ0v) is 60.2. The van der Waals surface area contributed by atoms with Gasteiger partial charge in [-0.05, 0) is 122 Å². The Labute approximate surface area is 565 Å². The summed E-state index contributed by atoms with van der Waals surface area (Å²) in [6.45, 7) is 2.50. The van der Waals surface area contributed by atoms with E-state index in [1.54, 1.807) is 0 Å². The first kappa shape index (κ1) is 89.5. The van der Waals surface area contributed by atoms with Gasteiger partial charge in [0.05, 0.1) is 26.4 Å². The maximum Gasteiger partial charge on any atom is 0.472 e. The van der Waals surface area contributed by atoms with Crippen LogP contribution in [0.15, 0.2) is 97.2 Å². The predicted molar refractivity (Wildman–Crippen MR) is 381 cm³/mol. The largest absolute Gasteiger partial charge is 0.472 e. The molecule has 0 saturated heterocycles. The SMILES string of the molecule is CC/C=C\C/C=C\C/C=C\CCCCCCCC(=O)OCC(COP(=O)(O)OCC(O)COP(=O)(O)OCC(O)COC(=O)CCCCCCCCCCCCCCC/C=C\C/C=C\C/C=C\C/C=C\CCCCC)OC(=O)CCCCCCC/C=C\CCCCCC. The average Bonchev–Trinajstić information content (AvgIpc) is 3.75. The van der Waals surface area contributed by atoms with Crippen molar-refractivity contribution in [3.05, 3.63) is 97.2 Å². The number of aliphatic hydroxyl groups is 2. The number of hydrogen-bond acceptors (Lipinski definition) is 14. The molecule has 18 heteroatoms. The molecule has 538 valence electrons. The lowest BCUT2D eigenvalue weighted by molar-refractivity contribution is -0.161. The summed E-state index contributed by atoms with van der Waals surface area (Å²) in [5.41, 5.74) is 0. The maximum absolute atomic E-state index is 12.9. The molecule has 0 radical (unpaired) electrons. The van der Waals surface area contributed by atoms with Crippen LogP contribution < -0.4 is 0 Å². The fourth-order valence-corrected chi connectivity index (χ4v) is 11.3. The van der Waals surface area contributed by atoms with Crippen molar-refractivity contribution >= 4 is 33.6 Å². The summed E-state index contributed by atoms with van der Waals surface area (Å²) < 4.78 is 60.9. The van der Waals surface area contributed by atoms with E-state index in [4.69, 9.17) is 32.3 Å². The van der Waals surface area contributed by atoms with E-state index in [1.807, 2.05) is 0 Å². The van der Waals surface area contributed by atoms with Crippen molar-refractivity contribution in [1.29, 1.82) is 0 Å². The van der Waals surface area contributed by atoms with Crippen molar-refractivity contribution in [3.63, 3.8) is 0 Å². The zero-order valence-electron chi connectivity index (χ0n) is 58.4. The topological polar surface area (TPSA) is 231 Å².